The van der Waals surface area contributed by atoms with Crippen molar-refractivity contribution in [3.63, 3.8) is 0 Å². The standard InChI is InChI=1S/C24H24N2O5/c1-3-24(2,22(28)29)26-21(27)13-8-14-25-23(30)31-15-20-18-11-6-4-9-16(18)17-10-5-7-12-19(17)20/h4-7,9-12,20H,3,14-15H2,1-2H3,(H,25,30)(H,26,27)(H,28,29). The molecule has 31 heavy (non-hydrogen) atoms. The van der Waals surface area contributed by atoms with Gasteiger partial charge in [-0.15, -0.1) is 0 Å². The van der Waals surface area contributed by atoms with Crippen molar-refractivity contribution in [3.8, 4) is 23.0 Å². The Hall–Kier alpha value is -3.79. The van der Waals surface area contributed by atoms with Gasteiger partial charge in [-0.2, -0.15) is 0 Å². The Kier molecular flexibility index (Phi) is 6.61. The molecule has 7 heteroatoms. The number of nitrogens with one attached hydrogen (secondary N) is 2. The van der Waals surface area contributed by atoms with Crippen LogP contribution >= 0.6 is 0 Å². The number of carboxylic acid groups (broad SMARTS) is 1. The Morgan fingerprint density at radius 3 is 2.19 bits per heavy atom. The molecule has 2 aromatic carbocycles. The summed E-state index contributed by atoms with van der Waals surface area (Å²) in [5.74, 6) is 2.86. The van der Waals surface area contributed by atoms with Crippen LogP contribution in [0.3, 0.4) is 0 Å². The molecule has 1 unspecified atom stereocenters. The summed E-state index contributed by atoms with van der Waals surface area (Å²) in [6.07, 6.45) is -0.422. The number of amides is 2. The van der Waals surface area contributed by atoms with Crippen LogP contribution in [0, 0.1) is 11.8 Å². The lowest BCUT2D eigenvalue weighted by atomic mass is 9.98. The fourth-order valence-electron chi connectivity index (χ4n) is 3.47. The van der Waals surface area contributed by atoms with Crippen LogP contribution in [-0.2, 0) is 14.3 Å². The monoisotopic (exact) mass is 420 g/mol. The lowest BCUT2D eigenvalue weighted by molar-refractivity contribution is -0.146. The van der Waals surface area contributed by atoms with Crippen LogP contribution in [0.15, 0.2) is 48.5 Å². The third-order valence-electron chi connectivity index (χ3n) is 5.44. The quantitative estimate of drug-likeness (QED) is 0.624. The third kappa shape index (κ3) is 4.86. The number of fused-ring (bicyclic) bond motifs is 3. The zero-order valence-corrected chi connectivity index (χ0v) is 17.4. The van der Waals surface area contributed by atoms with E-state index in [1.54, 1.807) is 6.92 Å². The van der Waals surface area contributed by atoms with Crippen molar-refractivity contribution in [3.05, 3.63) is 59.7 Å². The van der Waals surface area contributed by atoms with E-state index in [2.05, 4.69) is 34.6 Å². The van der Waals surface area contributed by atoms with Gasteiger partial charge < -0.3 is 20.5 Å². The van der Waals surface area contributed by atoms with Gasteiger partial charge in [-0.1, -0.05) is 61.4 Å². The van der Waals surface area contributed by atoms with Crippen molar-refractivity contribution in [2.24, 2.45) is 0 Å². The van der Waals surface area contributed by atoms with Crippen molar-refractivity contribution in [1.82, 2.24) is 10.6 Å². The van der Waals surface area contributed by atoms with Crippen molar-refractivity contribution < 1.29 is 24.2 Å². The van der Waals surface area contributed by atoms with Gasteiger partial charge in [-0.3, -0.25) is 4.79 Å². The molecule has 2 amide bonds. The van der Waals surface area contributed by atoms with Crippen LogP contribution in [0.2, 0.25) is 0 Å². The minimum Gasteiger partial charge on any atom is -0.480 e. The van der Waals surface area contributed by atoms with E-state index in [9.17, 15) is 14.4 Å². The molecule has 0 aliphatic heterocycles. The van der Waals surface area contributed by atoms with Gasteiger partial charge in [-0.25, -0.2) is 9.59 Å². The molecular weight excluding hydrogens is 396 g/mol. The lowest BCUT2D eigenvalue weighted by Crippen LogP contribution is -2.51. The fraction of sp³-hybridized carbons (Fsp3) is 0.292. The van der Waals surface area contributed by atoms with Gasteiger partial charge in [0.1, 0.15) is 12.1 Å². The topological polar surface area (TPSA) is 105 Å². The van der Waals surface area contributed by atoms with Crippen LogP contribution in [0.5, 0.6) is 0 Å². The van der Waals surface area contributed by atoms with Crippen LogP contribution in [0.25, 0.3) is 11.1 Å². The number of rotatable bonds is 6. The first-order chi connectivity index (χ1) is 14.9. The lowest BCUT2D eigenvalue weighted by Gasteiger charge is -2.22. The molecule has 3 rings (SSSR count). The van der Waals surface area contributed by atoms with Crippen molar-refractivity contribution >= 4 is 18.0 Å². The number of alkyl carbamates (subject to hydrolysis) is 1. The number of aliphatic carboxylic acids is 1. The van der Waals surface area contributed by atoms with Crippen LogP contribution in [0.4, 0.5) is 4.79 Å². The first kappa shape index (κ1) is 21.9. The second-order valence-corrected chi connectivity index (χ2v) is 7.43. The number of carbonyl (C=O) groups is 3. The molecule has 0 aromatic heterocycles. The van der Waals surface area contributed by atoms with Gasteiger partial charge in [0.05, 0.1) is 6.54 Å². The summed E-state index contributed by atoms with van der Waals surface area (Å²) in [7, 11) is 0. The Morgan fingerprint density at radius 1 is 1.06 bits per heavy atom. The molecule has 2 aromatic rings. The van der Waals surface area contributed by atoms with Gasteiger partial charge in [0.25, 0.3) is 5.91 Å². The van der Waals surface area contributed by atoms with E-state index in [-0.39, 0.29) is 25.5 Å². The summed E-state index contributed by atoms with van der Waals surface area (Å²) < 4.78 is 5.38. The molecule has 0 heterocycles. The van der Waals surface area contributed by atoms with E-state index in [0.29, 0.717) is 0 Å². The molecule has 160 valence electrons. The van der Waals surface area contributed by atoms with E-state index in [1.165, 1.54) is 6.92 Å². The van der Waals surface area contributed by atoms with Crippen LogP contribution in [0.1, 0.15) is 37.3 Å². The number of benzene rings is 2. The second-order valence-electron chi connectivity index (χ2n) is 7.43. The first-order valence-corrected chi connectivity index (χ1v) is 9.99. The van der Waals surface area contributed by atoms with E-state index < -0.39 is 23.5 Å². The molecule has 1 atom stereocenters. The molecule has 0 fully saturated rings. The number of hydrogen-bond acceptors (Lipinski definition) is 4. The summed E-state index contributed by atoms with van der Waals surface area (Å²) >= 11 is 0. The Bertz CT molecular complexity index is 1020. The number of carbonyl (C=O) groups excluding carboxylic acids is 2. The molecule has 7 nitrogen and oxygen atoms in total. The van der Waals surface area contributed by atoms with Gasteiger partial charge in [0.2, 0.25) is 0 Å². The molecule has 0 radical (unpaired) electrons. The second kappa shape index (κ2) is 9.35. The maximum Gasteiger partial charge on any atom is 0.407 e. The predicted octanol–water partition coefficient (Wildman–Crippen LogP) is 2.90. The smallest absolute Gasteiger partial charge is 0.407 e. The molecule has 1 aliphatic carbocycles. The van der Waals surface area contributed by atoms with E-state index in [4.69, 9.17) is 9.84 Å². The maximum atomic E-state index is 12.1. The molecule has 0 saturated carbocycles. The summed E-state index contributed by atoms with van der Waals surface area (Å²) in [4.78, 5) is 35.1. The molecule has 1 aliphatic rings. The number of ether oxygens (including phenoxy) is 1. The summed E-state index contributed by atoms with van der Waals surface area (Å²) in [5, 5.41) is 14.0. The highest BCUT2D eigenvalue weighted by Crippen LogP contribution is 2.44. The Morgan fingerprint density at radius 2 is 1.65 bits per heavy atom. The Balaban J connectivity index is 1.52. The first-order valence-electron chi connectivity index (χ1n) is 9.99. The maximum absolute atomic E-state index is 12.1. The summed E-state index contributed by atoms with van der Waals surface area (Å²) in [5.41, 5.74) is 3.14. The van der Waals surface area contributed by atoms with Crippen molar-refractivity contribution in [2.45, 2.75) is 31.7 Å². The van der Waals surface area contributed by atoms with Gasteiger partial charge in [0.15, 0.2) is 0 Å². The summed E-state index contributed by atoms with van der Waals surface area (Å²) in [6.45, 7) is 3.14. The minimum atomic E-state index is -1.38. The van der Waals surface area contributed by atoms with Crippen molar-refractivity contribution in [2.75, 3.05) is 13.2 Å². The van der Waals surface area contributed by atoms with Crippen LogP contribution in [-0.4, -0.2) is 41.8 Å². The number of carboxylic acids is 1. The van der Waals surface area contributed by atoms with Crippen molar-refractivity contribution in [1.29, 1.82) is 0 Å². The molecule has 3 N–H and O–H groups in total. The third-order valence-corrected chi connectivity index (χ3v) is 5.44. The van der Waals surface area contributed by atoms with Gasteiger partial charge >= 0.3 is 12.1 Å². The Labute approximate surface area is 180 Å². The van der Waals surface area contributed by atoms with Crippen LogP contribution < -0.4 is 10.6 Å². The molecule has 0 saturated heterocycles. The van der Waals surface area contributed by atoms with Gasteiger partial charge in [-0.05, 0) is 41.5 Å². The largest absolute Gasteiger partial charge is 0.480 e. The normalized spacial score (nSPS) is 13.6. The molecule has 0 spiro atoms. The highest BCUT2D eigenvalue weighted by atomic mass is 16.5. The SMILES string of the molecule is CCC(C)(NC(=O)C#CCNC(=O)OCC1c2ccccc2-c2ccccc21)C(=O)O. The van der Waals surface area contributed by atoms with Gasteiger partial charge in [0, 0.05) is 5.92 Å². The van der Waals surface area contributed by atoms with E-state index in [0.717, 1.165) is 22.3 Å². The predicted molar refractivity (Wildman–Crippen MR) is 115 cm³/mol. The highest BCUT2D eigenvalue weighted by Gasteiger charge is 2.32. The van der Waals surface area contributed by atoms with E-state index >= 15 is 0 Å². The zero-order valence-electron chi connectivity index (χ0n) is 17.4. The summed E-state index contributed by atoms with van der Waals surface area (Å²) in [6, 6.07) is 16.1. The molecule has 0 bridgehead atoms. The fourth-order valence-corrected chi connectivity index (χ4v) is 3.47. The average Bonchev–Trinajstić information content (AvgIpc) is 3.09. The average molecular weight is 420 g/mol. The highest BCUT2D eigenvalue weighted by molar-refractivity contribution is 5.97. The minimum absolute atomic E-state index is 0.0437. The number of hydrogen-bond donors (Lipinski definition) is 3. The van der Waals surface area contributed by atoms with E-state index in [1.807, 2.05) is 36.4 Å². The zero-order chi connectivity index (χ0) is 22.4. The molecular formula is C24H24N2O5.